The molecule has 0 saturated heterocycles. The van der Waals surface area contributed by atoms with Gasteiger partial charge in [0.25, 0.3) is 0 Å². The number of rotatable bonds is 5. The first-order valence-electron chi connectivity index (χ1n) is 20.4. The van der Waals surface area contributed by atoms with Crippen LogP contribution in [-0.4, -0.2) is 9.97 Å². The number of hydrogen-bond acceptors (Lipinski definition) is 3. The molecule has 0 bridgehead atoms. The summed E-state index contributed by atoms with van der Waals surface area (Å²) in [4.78, 5) is 8.91. The fourth-order valence-corrected chi connectivity index (χ4v) is 5.89. The second kappa shape index (κ2) is 15.4. The molecule has 8 aromatic rings. The number of benzene rings is 5. The van der Waals surface area contributed by atoms with Gasteiger partial charge in [-0.15, -0.1) is 47.5 Å². The van der Waals surface area contributed by atoms with E-state index in [9.17, 15) is 0 Å². The van der Waals surface area contributed by atoms with Gasteiger partial charge in [0.2, 0.25) is 0 Å². The molecule has 0 aliphatic rings. The van der Waals surface area contributed by atoms with Crippen LogP contribution in [0.5, 0.6) is 0 Å². The van der Waals surface area contributed by atoms with E-state index in [4.69, 9.17) is 15.4 Å². The quantitative estimate of drug-likeness (QED) is 0.162. The summed E-state index contributed by atoms with van der Waals surface area (Å²) in [5.41, 5.74) is 7.44. The second-order valence-electron chi connectivity index (χ2n) is 13.0. The van der Waals surface area contributed by atoms with Gasteiger partial charge in [-0.1, -0.05) is 141 Å². The zero-order valence-electron chi connectivity index (χ0n) is 36.4. The minimum absolute atomic E-state index is 0. The van der Waals surface area contributed by atoms with Crippen molar-refractivity contribution in [1.82, 2.24) is 9.97 Å². The molecule has 5 aromatic carbocycles. The molecule has 4 heteroatoms. The van der Waals surface area contributed by atoms with Crippen LogP contribution in [0.2, 0.25) is 0 Å². The van der Waals surface area contributed by atoms with E-state index in [1.165, 1.54) is 12.3 Å². The number of hydrogen-bond donors (Lipinski definition) is 0. The number of aromatic nitrogens is 2. The minimum atomic E-state index is -2.26. The first-order chi connectivity index (χ1) is 27.4. The fraction of sp³-hybridized carbons (Fsp3) is 0.149. The van der Waals surface area contributed by atoms with E-state index in [0.717, 1.165) is 27.5 Å². The van der Waals surface area contributed by atoms with Gasteiger partial charge in [-0.25, -0.2) is 0 Å². The molecule has 0 N–H and O–H groups in total. The first kappa shape index (κ1) is 26.6. The van der Waals surface area contributed by atoms with Crippen molar-refractivity contribution in [1.29, 1.82) is 0 Å². The molecule has 0 fully saturated rings. The molecule has 0 atom stereocenters. The van der Waals surface area contributed by atoms with Crippen molar-refractivity contribution in [2.24, 2.45) is 5.41 Å². The molecule has 0 aliphatic carbocycles. The molecule has 3 heterocycles. The molecule has 0 amide bonds. The molecule has 255 valence electrons. The summed E-state index contributed by atoms with van der Waals surface area (Å²) >= 11 is 0. The SMILES string of the molecule is [2H]C([2H])([2H])c1c[c-]c(-c2ccc(C([2H])([2H])C(C)(C)C)cn2)cc1-c1ccccc1.[2H]C([2H])([2H])c1cnc(-c2[c-]ccc3c2oc2ccccc23)cc1-c1ccccc1.[Ir]. The van der Waals surface area contributed by atoms with Crippen molar-refractivity contribution in [3.8, 4) is 44.8 Å². The van der Waals surface area contributed by atoms with Crippen LogP contribution in [0.25, 0.3) is 66.7 Å². The van der Waals surface area contributed by atoms with Crippen LogP contribution in [-0.2, 0) is 26.5 Å². The van der Waals surface area contributed by atoms with E-state index < -0.39 is 25.5 Å². The predicted molar refractivity (Wildman–Crippen MR) is 208 cm³/mol. The summed E-state index contributed by atoms with van der Waals surface area (Å²) in [5, 5.41) is 2.01. The Morgan fingerprint density at radius 3 is 2.02 bits per heavy atom. The molecule has 0 aliphatic heterocycles. The Hall–Kier alpha value is -5.15. The maximum atomic E-state index is 8.39. The van der Waals surface area contributed by atoms with E-state index in [2.05, 4.69) is 22.1 Å². The van der Waals surface area contributed by atoms with E-state index in [-0.39, 0.29) is 31.2 Å². The summed E-state index contributed by atoms with van der Waals surface area (Å²) in [5.74, 6) is 0. The average Bonchev–Trinajstić information content (AvgIpc) is 3.59. The molecular weight excluding hydrogens is 801 g/mol. The van der Waals surface area contributed by atoms with Gasteiger partial charge < -0.3 is 14.4 Å². The number of furan rings is 1. The third kappa shape index (κ3) is 8.10. The third-order valence-corrected chi connectivity index (χ3v) is 8.18. The van der Waals surface area contributed by atoms with Gasteiger partial charge in [-0.3, -0.25) is 0 Å². The zero-order valence-corrected chi connectivity index (χ0v) is 30.8. The normalized spacial score (nSPS) is 14.3. The first-order valence-corrected chi connectivity index (χ1v) is 16.4. The van der Waals surface area contributed by atoms with Crippen LogP contribution < -0.4 is 0 Å². The van der Waals surface area contributed by atoms with Crippen LogP contribution in [0.3, 0.4) is 0 Å². The van der Waals surface area contributed by atoms with E-state index in [1.807, 2.05) is 124 Å². The maximum absolute atomic E-state index is 8.39. The van der Waals surface area contributed by atoms with E-state index in [0.29, 0.717) is 44.8 Å². The largest absolute Gasteiger partial charge is 0.501 e. The van der Waals surface area contributed by atoms with Crippen LogP contribution >= 0.6 is 0 Å². The van der Waals surface area contributed by atoms with Crippen LogP contribution in [0, 0.1) is 31.3 Å². The molecule has 0 unspecified atom stereocenters. The Labute approximate surface area is 326 Å². The van der Waals surface area contributed by atoms with Gasteiger partial charge in [0.15, 0.2) is 0 Å². The van der Waals surface area contributed by atoms with Crippen molar-refractivity contribution in [2.75, 3.05) is 0 Å². The summed E-state index contributed by atoms with van der Waals surface area (Å²) in [7, 11) is 0. The molecule has 0 spiro atoms. The molecule has 51 heavy (non-hydrogen) atoms. The topological polar surface area (TPSA) is 38.9 Å². The summed E-state index contributed by atoms with van der Waals surface area (Å²) in [6.07, 6.45) is 1.47. The summed E-state index contributed by atoms with van der Waals surface area (Å²) in [6.45, 7) is 1.06. The van der Waals surface area contributed by atoms with Crippen molar-refractivity contribution >= 4 is 21.9 Å². The maximum Gasteiger partial charge on any atom is 0.120 e. The number of aryl methyl sites for hydroxylation is 2. The Morgan fingerprint density at radius 1 is 0.686 bits per heavy atom. The molecule has 0 saturated carbocycles. The van der Waals surface area contributed by atoms with Crippen LogP contribution in [0.4, 0.5) is 0 Å². The monoisotopic (exact) mass is 849 g/mol. The second-order valence-corrected chi connectivity index (χ2v) is 13.0. The molecule has 1 radical (unpaired) electrons. The van der Waals surface area contributed by atoms with E-state index >= 15 is 0 Å². The Kier molecular flexibility index (Phi) is 8.04. The van der Waals surface area contributed by atoms with Gasteiger partial charge in [0.05, 0.1) is 5.58 Å². The van der Waals surface area contributed by atoms with E-state index in [1.54, 1.807) is 24.4 Å². The van der Waals surface area contributed by atoms with Crippen molar-refractivity contribution < 1.29 is 35.5 Å². The molecule has 8 rings (SSSR count). The molecular formula is C47H40IrN2O-2. The van der Waals surface area contributed by atoms with Crippen LogP contribution in [0.1, 0.15) is 48.4 Å². The smallest absolute Gasteiger partial charge is 0.120 e. The zero-order chi connectivity index (χ0) is 41.5. The van der Waals surface area contributed by atoms with Crippen LogP contribution in [0.15, 0.2) is 144 Å². The molecule has 3 aromatic heterocycles. The number of fused-ring (bicyclic) bond motifs is 3. The predicted octanol–water partition coefficient (Wildman–Crippen LogP) is 12.5. The standard InChI is InChI=1S/C24H16NO.C23H24N.Ir/c1-16-15-25-22(14-21(16)17-8-3-2-4-9-17)20-12-7-11-19-18-10-5-6-13-23(18)26-24(19)20;1-17-10-12-20(14-21(17)19-8-6-5-7-9-19)22-13-11-18(16-24-22)15-23(2,3)4;/h2-11,13-15H,1H3;5-11,13-14,16H,15H2,1-4H3;/q2*-1;/i1D3;1D3,15D2;. The summed E-state index contributed by atoms with van der Waals surface area (Å²) < 4.78 is 70.2. The summed E-state index contributed by atoms with van der Waals surface area (Å²) in [6, 6.07) is 45.4. The Bertz CT molecular complexity index is 2700. The average molecular weight is 849 g/mol. The Morgan fingerprint density at radius 2 is 1.35 bits per heavy atom. The third-order valence-electron chi connectivity index (χ3n) is 8.18. The minimum Gasteiger partial charge on any atom is -0.501 e. The Balaban J connectivity index is 0.000000195. The van der Waals surface area contributed by atoms with Gasteiger partial charge in [-0.2, -0.15) is 0 Å². The fourth-order valence-electron chi connectivity index (χ4n) is 5.89. The van der Waals surface area contributed by atoms with Gasteiger partial charge in [0, 0.05) is 48.9 Å². The molecule has 3 nitrogen and oxygen atoms in total. The number of pyridine rings is 2. The van der Waals surface area contributed by atoms with Crippen molar-refractivity contribution in [3.63, 3.8) is 0 Å². The van der Waals surface area contributed by atoms with Gasteiger partial charge >= 0.3 is 0 Å². The number of para-hydroxylation sites is 1. The van der Waals surface area contributed by atoms with Gasteiger partial charge in [0.1, 0.15) is 5.58 Å². The number of nitrogens with zero attached hydrogens (tertiary/aromatic N) is 2. The van der Waals surface area contributed by atoms with Crippen molar-refractivity contribution in [2.45, 2.75) is 40.8 Å². The van der Waals surface area contributed by atoms with Gasteiger partial charge in [-0.05, 0) is 63.9 Å². The van der Waals surface area contributed by atoms with Crippen molar-refractivity contribution in [3.05, 3.63) is 169 Å².